The fourth-order valence-corrected chi connectivity index (χ4v) is 2.44. The van der Waals surface area contributed by atoms with E-state index in [9.17, 15) is 9.59 Å². The molecule has 1 aliphatic heterocycles. The van der Waals surface area contributed by atoms with Crippen molar-refractivity contribution in [3.8, 4) is 6.07 Å². The lowest BCUT2D eigenvalue weighted by Gasteiger charge is -2.00. The van der Waals surface area contributed by atoms with Crippen molar-refractivity contribution >= 4 is 22.7 Å². The number of carbonyl (C=O) groups is 2. The van der Waals surface area contributed by atoms with Crippen LogP contribution in [0.15, 0.2) is 30.5 Å². The topological polar surface area (TPSA) is 65.9 Å². The molecule has 5 heteroatoms. The number of amides is 1. The Bertz CT molecular complexity index is 754. The van der Waals surface area contributed by atoms with Crippen LogP contribution in [0.5, 0.6) is 0 Å². The highest BCUT2D eigenvalue weighted by atomic mass is 16.2. The first-order valence-corrected chi connectivity index (χ1v) is 6.41. The molecule has 100 valence electrons. The molecule has 1 aliphatic rings. The van der Waals surface area contributed by atoms with Gasteiger partial charge in [-0.3, -0.25) is 14.2 Å². The van der Waals surface area contributed by atoms with Crippen LogP contribution in [0.2, 0.25) is 0 Å². The zero-order chi connectivity index (χ0) is 14.3. The Morgan fingerprint density at radius 1 is 1.40 bits per heavy atom. The zero-order valence-electron chi connectivity index (χ0n) is 11.0. The van der Waals surface area contributed by atoms with Gasteiger partial charge in [-0.05, 0) is 11.6 Å². The molecule has 1 atom stereocenters. The quantitative estimate of drug-likeness (QED) is 0.776. The Kier molecular flexibility index (Phi) is 2.79. The summed E-state index contributed by atoms with van der Waals surface area (Å²) in [5.41, 5.74) is 1.63. The van der Waals surface area contributed by atoms with Gasteiger partial charge in [-0.1, -0.05) is 18.2 Å². The minimum absolute atomic E-state index is 0.0667. The van der Waals surface area contributed by atoms with Crippen molar-refractivity contribution in [3.63, 3.8) is 0 Å². The molecule has 0 radical (unpaired) electrons. The number of para-hydroxylation sites is 1. The Balaban J connectivity index is 1.94. The molecule has 0 aliphatic carbocycles. The number of carbonyl (C=O) groups excluding carboxylic acids is 2. The van der Waals surface area contributed by atoms with Crippen LogP contribution in [0.25, 0.3) is 10.9 Å². The van der Waals surface area contributed by atoms with Gasteiger partial charge in [0.15, 0.2) is 0 Å². The molecule has 1 aromatic heterocycles. The van der Waals surface area contributed by atoms with Crippen molar-refractivity contribution in [1.29, 1.82) is 5.26 Å². The summed E-state index contributed by atoms with van der Waals surface area (Å²) in [7, 11) is 0. The molecule has 1 unspecified atom stereocenters. The Morgan fingerprint density at radius 3 is 2.80 bits per heavy atom. The minimum Gasteiger partial charge on any atom is -0.321 e. The molecule has 1 saturated heterocycles. The highest BCUT2D eigenvalue weighted by molar-refractivity contribution is 5.96. The van der Waals surface area contributed by atoms with E-state index in [-0.39, 0.29) is 24.3 Å². The number of benzene rings is 1. The summed E-state index contributed by atoms with van der Waals surface area (Å²) in [5.74, 6) is -0.149. The molecule has 0 spiro atoms. The zero-order valence-corrected chi connectivity index (χ0v) is 11.0. The second-order valence-electron chi connectivity index (χ2n) is 4.93. The molecule has 5 nitrogen and oxygen atoms in total. The summed E-state index contributed by atoms with van der Waals surface area (Å²) in [5, 5.41) is 9.66. The van der Waals surface area contributed by atoms with Crippen molar-refractivity contribution in [2.45, 2.75) is 19.4 Å². The molecule has 0 bridgehead atoms. The van der Waals surface area contributed by atoms with Gasteiger partial charge >= 0.3 is 0 Å². The fraction of sp³-hybridized carbons (Fsp3) is 0.267. The number of rotatable bonds is 2. The molecule has 3 rings (SSSR count). The average molecular weight is 267 g/mol. The maximum atomic E-state index is 12.0. The molecule has 1 aromatic carbocycles. The third-order valence-corrected chi connectivity index (χ3v) is 3.56. The lowest BCUT2D eigenvalue weighted by atomic mass is 10.1. The largest absolute Gasteiger partial charge is 0.321 e. The van der Waals surface area contributed by atoms with Gasteiger partial charge in [0.2, 0.25) is 11.8 Å². The fourth-order valence-electron chi connectivity index (χ4n) is 2.44. The van der Waals surface area contributed by atoms with Crippen molar-refractivity contribution in [2.24, 2.45) is 0 Å². The molecular formula is C15H13N3O2. The molecule has 20 heavy (non-hydrogen) atoms. The Hall–Kier alpha value is -2.61. The van der Waals surface area contributed by atoms with Crippen molar-refractivity contribution in [2.75, 3.05) is 6.54 Å². The third-order valence-electron chi connectivity index (χ3n) is 3.56. The summed E-state index contributed by atoms with van der Waals surface area (Å²) in [6.45, 7) is 2.01. The standard InChI is InChI=1S/C15H13N3O2/c1-10(19)17-8-11(13-4-2-3-5-14(13)17)6-15(20)18-9-12(18)7-16/h2-5,8,12H,6,9H2,1H3. The maximum absolute atomic E-state index is 12.0. The molecule has 2 aromatic rings. The van der Waals surface area contributed by atoms with E-state index in [1.165, 1.54) is 6.92 Å². The highest BCUT2D eigenvalue weighted by Gasteiger charge is 2.38. The van der Waals surface area contributed by atoms with Crippen LogP contribution >= 0.6 is 0 Å². The van der Waals surface area contributed by atoms with E-state index in [1.54, 1.807) is 15.7 Å². The number of nitrogens with zero attached hydrogens (tertiary/aromatic N) is 3. The van der Waals surface area contributed by atoms with Crippen LogP contribution in [-0.2, 0) is 11.2 Å². The van der Waals surface area contributed by atoms with E-state index in [0.29, 0.717) is 6.54 Å². The van der Waals surface area contributed by atoms with E-state index in [4.69, 9.17) is 5.26 Å². The van der Waals surface area contributed by atoms with Gasteiger partial charge in [0.1, 0.15) is 6.04 Å². The molecule has 1 amide bonds. The van der Waals surface area contributed by atoms with E-state index >= 15 is 0 Å². The van der Waals surface area contributed by atoms with Crippen molar-refractivity contribution < 1.29 is 9.59 Å². The van der Waals surface area contributed by atoms with Crippen LogP contribution in [0.1, 0.15) is 17.3 Å². The van der Waals surface area contributed by atoms with Crippen LogP contribution in [-0.4, -0.2) is 33.9 Å². The highest BCUT2D eigenvalue weighted by Crippen LogP contribution is 2.24. The summed E-state index contributed by atoms with van der Waals surface area (Å²) < 4.78 is 1.56. The first kappa shape index (κ1) is 12.4. The first-order chi connectivity index (χ1) is 9.61. The second kappa shape index (κ2) is 4.49. The van der Waals surface area contributed by atoms with Crippen LogP contribution in [0.3, 0.4) is 0 Å². The number of nitriles is 1. The van der Waals surface area contributed by atoms with Crippen molar-refractivity contribution in [3.05, 3.63) is 36.0 Å². The van der Waals surface area contributed by atoms with Gasteiger partial charge in [0, 0.05) is 18.5 Å². The Morgan fingerprint density at radius 2 is 2.15 bits per heavy atom. The van der Waals surface area contributed by atoms with Gasteiger partial charge in [-0.15, -0.1) is 0 Å². The number of fused-ring (bicyclic) bond motifs is 1. The Labute approximate surface area is 116 Å². The number of aromatic nitrogens is 1. The molecule has 1 fully saturated rings. The predicted octanol–water partition coefficient (Wildman–Crippen LogP) is 1.58. The van der Waals surface area contributed by atoms with Gasteiger partial charge in [-0.25, -0.2) is 0 Å². The van der Waals surface area contributed by atoms with Gasteiger partial charge in [0.05, 0.1) is 24.6 Å². The summed E-state index contributed by atoms with van der Waals surface area (Å²) >= 11 is 0. The monoisotopic (exact) mass is 267 g/mol. The normalized spacial score (nSPS) is 17.0. The lowest BCUT2D eigenvalue weighted by Crippen LogP contribution is -2.15. The number of hydrogen-bond acceptors (Lipinski definition) is 3. The predicted molar refractivity (Wildman–Crippen MR) is 73.1 cm³/mol. The van der Waals surface area contributed by atoms with Crippen LogP contribution < -0.4 is 0 Å². The molecule has 0 N–H and O–H groups in total. The summed E-state index contributed by atoms with van der Waals surface area (Å²) in [6.07, 6.45) is 1.94. The minimum atomic E-state index is -0.274. The molecular weight excluding hydrogens is 254 g/mol. The SMILES string of the molecule is CC(=O)n1cc(CC(=O)N2CC2C#N)c2ccccc21. The van der Waals surface area contributed by atoms with Crippen LogP contribution in [0, 0.1) is 11.3 Å². The van der Waals surface area contributed by atoms with Crippen LogP contribution in [0.4, 0.5) is 0 Å². The van der Waals surface area contributed by atoms with Gasteiger partial charge in [-0.2, -0.15) is 5.26 Å². The number of hydrogen-bond donors (Lipinski definition) is 0. The van der Waals surface area contributed by atoms with E-state index in [0.717, 1.165) is 16.5 Å². The first-order valence-electron chi connectivity index (χ1n) is 6.41. The maximum Gasteiger partial charge on any atom is 0.228 e. The van der Waals surface area contributed by atoms with Gasteiger partial charge < -0.3 is 4.90 Å². The van der Waals surface area contributed by atoms with E-state index < -0.39 is 0 Å². The molecule has 2 heterocycles. The summed E-state index contributed by atoms with van der Waals surface area (Å²) in [6, 6.07) is 9.30. The molecule has 0 saturated carbocycles. The third kappa shape index (κ3) is 1.95. The lowest BCUT2D eigenvalue weighted by molar-refractivity contribution is -0.125. The van der Waals surface area contributed by atoms with Gasteiger partial charge in [0.25, 0.3) is 0 Å². The summed E-state index contributed by atoms with van der Waals surface area (Å²) in [4.78, 5) is 25.2. The van der Waals surface area contributed by atoms with E-state index in [1.807, 2.05) is 24.3 Å². The smallest absolute Gasteiger partial charge is 0.228 e. The second-order valence-corrected chi connectivity index (χ2v) is 4.93. The average Bonchev–Trinajstić information content (AvgIpc) is 3.15. The van der Waals surface area contributed by atoms with E-state index in [2.05, 4.69) is 6.07 Å². The van der Waals surface area contributed by atoms with Crippen molar-refractivity contribution in [1.82, 2.24) is 9.47 Å².